The first kappa shape index (κ1) is 13.3. The Morgan fingerprint density at radius 1 is 1.39 bits per heavy atom. The lowest BCUT2D eigenvalue weighted by molar-refractivity contribution is 0.235. The molecule has 18 heavy (non-hydrogen) atoms. The molecule has 1 aromatic carbocycles. The predicted octanol–water partition coefficient (Wildman–Crippen LogP) is 2.32. The van der Waals surface area contributed by atoms with Gasteiger partial charge in [0.25, 0.3) is 0 Å². The summed E-state index contributed by atoms with van der Waals surface area (Å²) in [6, 6.07) is 4.51. The molecule has 1 heterocycles. The van der Waals surface area contributed by atoms with E-state index in [1.165, 1.54) is 18.9 Å². The molecule has 0 spiro atoms. The van der Waals surface area contributed by atoms with Gasteiger partial charge in [-0.3, -0.25) is 4.90 Å². The molecule has 0 aliphatic carbocycles. The lowest BCUT2D eigenvalue weighted by Gasteiger charge is -2.18. The van der Waals surface area contributed by atoms with Crippen molar-refractivity contribution in [2.75, 3.05) is 26.2 Å². The van der Waals surface area contributed by atoms with Gasteiger partial charge < -0.3 is 10.5 Å². The van der Waals surface area contributed by atoms with E-state index in [1.54, 1.807) is 19.1 Å². The van der Waals surface area contributed by atoms with E-state index in [0.29, 0.717) is 17.9 Å². The standard InChI is InChI=1S/C14H21FN2O/c1-11(16)14-12(15)5-4-6-13(14)18-10-9-17-7-2-3-8-17/h4-6,11H,2-3,7-10,16H2,1H3. The molecule has 4 heteroatoms. The summed E-state index contributed by atoms with van der Waals surface area (Å²) in [5.74, 6) is 0.285. The summed E-state index contributed by atoms with van der Waals surface area (Å²) in [6.45, 7) is 5.54. The van der Waals surface area contributed by atoms with Crippen molar-refractivity contribution in [2.45, 2.75) is 25.8 Å². The van der Waals surface area contributed by atoms with Gasteiger partial charge in [-0.05, 0) is 45.0 Å². The van der Waals surface area contributed by atoms with Crippen molar-refractivity contribution in [1.29, 1.82) is 0 Å². The van der Waals surface area contributed by atoms with E-state index in [9.17, 15) is 4.39 Å². The van der Waals surface area contributed by atoms with Crippen LogP contribution in [0.4, 0.5) is 4.39 Å². The minimum Gasteiger partial charge on any atom is -0.492 e. The molecule has 0 saturated carbocycles. The largest absolute Gasteiger partial charge is 0.492 e. The topological polar surface area (TPSA) is 38.5 Å². The monoisotopic (exact) mass is 252 g/mol. The normalized spacial score (nSPS) is 17.9. The molecule has 1 aliphatic rings. The molecule has 1 aliphatic heterocycles. The zero-order chi connectivity index (χ0) is 13.0. The third kappa shape index (κ3) is 3.21. The van der Waals surface area contributed by atoms with Crippen molar-refractivity contribution in [2.24, 2.45) is 5.73 Å². The van der Waals surface area contributed by atoms with Crippen LogP contribution in [0.2, 0.25) is 0 Å². The molecular formula is C14H21FN2O. The Morgan fingerprint density at radius 2 is 2.11 bits per heavy atom. The first-order chi connectivity index (χ1) is 8.68. The second-order valence-electron chi connectivity index (χ2n) is 4.84. The second kappa shape index (κ2) is 6.16. The molecule has 3 nitrogen and oxygen atoms in total. The third-order valence-electron chi connectivity index (χ3n) is 3.33. The van der Waals surface area contributed by atoms with Gasteiger partial charge in [0.05, 0.1) is 0 Å². The van der Waals surface area contributed by atoms with Crippen LogP contribution < -0.4 is 10.5 Å². The van der Waals surface area contributed by atoms with Gasteiger partial charge in [-0.25, -0.2) is 4.39 Å². The zero-order valence-corrected chi connectivity index (χ0v) is 10.9. The highest BCUT2D eigenvalue weighted by molar-refractivity contribution is 5.36. The molecule has 0 aromatic heterocycles. The lowest BCUT2D eigenvalue weighted by Crippen LogP contribution is -2.25. The quantitative estimate of drug-likeness (QED) is 0.874. The van der Waals surface area contributed by atoms with Gasteiger partial charge in [0, 0.05) is 18.2 Å². The van der Waals surface area contributed by atoms with E-state index < -0.39 is 0 Å². The van der Waals surface area contributed by atoms with E-state index >= 15 is 0 Å². The predicted molar refractivity (Wildman–Crippen MR) is 70.2 cm³/mol. The molecule has 1 atom stereocenters. The fourth-order valence-corrected chi connectivity index (χ4v) is 2.38. The molecule has 0 amide bonds. The van der Waals surface area contributed by atoms with E-state index in [1.807, 2.05) is 0 Å². The fraction of sp³-hybridized carbons (Fsp3) is 0.571. The first-order valence-electron chi connectivity index (χ1n) is 6.57. The van der Waals surface area contributed by atoms with Gasteiger partial charge in [0.2, 0.25) is 0 Å². The molecule has 0 radical (unpaired) electrons. The van der Waals surface area contributed by atoms with Crippen molar-refractivity contribution in [3.8, 4) is 5.75 Å². The highest BCUT2D eigenvalue weighted by Crippen LogP contribution is 2.26. The number of rotatable bonds is 5. The zero-order valence-electron chi connectivity index (χ0n) is 10.9. The molecule has 1 fully saturated rings. The molecule has 1 saturated heterocycles. The maximum atomic E-state index is 13.7. The van der Waals surface area contributed by atoms with Gasteiger partial charge >= 0.3 is 0 Å². The fourth-order valence-electron chi connectivity index (χ4n) is 2.38. The molecular weight excluding hydrogens is 231 g/mol. The summed E-state index contributed by atoms with van der Waals surface area (Å²) in [7, 11) is 0. The number of nitrogens with zero attached hydrogens (tertiary/aromatic N) is 1. The molecule has 2 N–H and O–H groups in total. The first-order valence-corrected chi connectivity index (χ1v) is 6.57. The van der Waals surface area contributed by atoms with Gasteiger partial charge in [-0.15, -0.1) is 0 Å². The number of nitrogens with two attached hydrogens (primary N) is 1. The maximum absolute atomic E-state index is 13.7. The van der Waals surface area contributed by atoms with Crippen LogP contribution in [0.15, 0.2) is 18.2 Å². The summed E-state index contributed by atoms with van der Waals surface area (Å²) in [5.41, 5.74) is 6.25. The number of hydrogen-bond acceptors (Lipinski definition) is 3. The van der Waals surface area contributed by atoms with E-state index in [4.69, 9.17) is 10.5 Å². The summed E-state index contributed by atoms with van der Waals surface area (Å²) < 4.78 is 19.3. The van der Waals surface area contributed by atoms with Crippen LogP contribution in [0.5, 0.6) is 5.75 Å². The Kier molecular flexibility index (Phi) is 4.55. The minimum absolute atomic E-state index is 0.288. The minimum atomic E-state index is -0.354. The van der Waals surface area contributed by atoms with Crippen molar-refractivity contribution < 1.29 is 9.13 Å². The molecule has 2 rings (SSSR count). The smallest absolute Gasteiger partial charge is 0.131 e. The van der Waals surface area contributed by atoms with Gasteiger partial charge in [-0.2, -0.15) is 0 Å². The molecule has 100 valence electrons. The van der Waals surface area contributed by atoms with Gasteiger partial charge in [0.1, 0.15) is 18.2 Å². The molecule has 1 unspecified atom stereocenters. The number of halogens is 1. The molecule has 1 aromatic rings. The summed E-state index contributed by atoms with van der Waals surface area (Å²) in [4.78, 5) is 2.37. The van der Waals surface area contributed by atoms with Gasteiger partial charge in [-0.1, -0.05) is 6.07 Å². The Labute approximate surface area is 108 Å². The Hall–Kier alpha value is -1.13. The average Bonchev–Trinajstić information content (AvgIpc) is 2.81. The lowest BCUT2D eigenvalue weighted by atomic mass is 10.1. The summed E-state index contributed by atoms with van der Waals surface area (Å²) in [5, 5.41) is 0. The highest BCUT2D eigenvalue weighted by atomic mass is 19.1. The SMILES string of the molecule is CC(N)c1c(F)cccc1OCCN1CCCC1. The Morgan fingerprint density at radius 3 is 2.78 bits per heavy atom. The van der Waals surface area contributed by atoms with E-state index in [0.717, 1.165) is 19.6 Å². The van der Waals surface area contributed by atoms with Crippen LogP contribution in [0.25, 0.3) is 0 Å². The van der Waals surface area contributed by atoms with Crippen LogP contribution in [0.3, 0.4) is 0 Å². The number of likely N-dealkylation sites (tertiary alicyclic amines) is 1. The summed E-state index contributed by atoms with van der Waals surface area (Å²) >= 11 is 0. The van der Waals surface area contributed by atoms with E-state index in [2.05, 4.69) is 4.90 Å². The number of ether oxygens (including phenoxy) is 1. The maximum Gasteiger partial charge on any atom is 0.131 e. The Balaban J connectivity index is 1.93. The average molecular weight is 252 g/mol. The van der Waals surface area contributed by atoms with Crippen molar-refractivity contribution in [3.05, 3.63) is 29.6 Å². The van der Waals surface area contributed by atoms with Crippen LogP contribution in [-0.2, 0) is 0 Å². The van der Waals surface area contributed by atoms with E-state index in [-0.39, 0.29) is 11.9 Å². The van der Waals surface area contributed by atoms with Crippen LogP contribution in [0, 0.1) is 5.82 Å². The second-order valence-corrected chi connectivity index (χ2v) is 4.84. The summed E-state index contributed by atoms with van der Waals surface area (Å²) in [6.07, 6.45) is 2.54. The third-order valence-corrected chi connectivity index (χ3v) is 3.33. The van der Waals surface area contributed by atoms with Crippen molar-refractivity contribution >= 4 is 0 Å². The number of benzene rings is 1. The van der Waals surface area contributed by atoms with Crippen molar-refractivity contribution in [1.82, 2.24) is 4.90 Å². The van der Waals surface area contributed by atoms with Crippen LogP contribution in [-0.4, -0.2) is 31.1 Å². The van der Waals surface area contributed by atoms with Crippen LogP contribution in [0.1, 0.15) is 31.4 Å². The van der Waals surface area contributed by atoms with Crippen LogP contribution >= 0.6 is 0 Å². The molecule has 0 bridgehead atoms. The highest BCUT2D eigenvalue weighted by Gasteiger charge is 2.15. The number of hydrogen-bond donors (Lipinski definition) is 1. The Bertz CT molecular complexity index is 389. The van der Waals surface area contributed by atoms with Crippen molar-refractivity contribution in [3.63, 3.8) is 0 Å². The van der Waals surface area contributed by atoms with Gasteiger partial charge in [0.15, 0.2) is 0 Å².